The lowest BCUT2D eigenvalue weighted by atomic mass is 10.4. The molecule has 16 heavy (non-hydrogen) atoms. The fraction of sp³-hybridized carbons (Fsp3) is 0.444. The highest BCUT2D eigenvalue weighted by atomic mass is 35.5. The van der Waals surface area contributed by atoms with Crippen LogP contribution in [-0.2, 0) is 0 Å². The predicted octanol–water partition coefficient (Wildman–Crippen LogP) is 3.70. The third-order valence-corrected chi connectivity index (χ3v) is 2.45. The van der Waals surface area contributed by atoms with E-state index in [1.165, 1.54) is 17.2 Å². The molecule has 0 spiro atoms. The SMILES string of the molecule is FC(F)CN(CCCl)c1ncc(Cl)cc1Cl. The number of pyridine rings is 1. The van der Waals surface area contributed by atoms with Gasteiger partial charge < -0.3 is 4.90 Å². The fourth-order valence-electron chi connectivity index (χ4n) is 1.19. The second-order valence-electron chi connectivity index (χ2n) is 2.99. The normalized spacial score (nSPS) is 10.9. The fourth-order valence-corrected chi connectivity index (χ4v) is 1.90. The lowest BCUT2D eigenvalue weighted by molar-refractivity contribution is 0.155. The first-order chi connectivity index (χ1) is 7.54. The van der Waals surface area contributed by atoms with Crippen molar-refractivity contribution in [3.05, 3.63) is 22.3 Å². The minimum Gasteiger partial charge on any atom is -0.348 e. The summed E-state index contributed by atoms with van der Waals surface area (Å²) in [6.45, 7) is -0.207. The van der Waals surface area contributed by atoms with E-state index < -0.39 is 13.0 Å². The molecular weight excluding hydrogens is 280 g/mol. The minimum absolute atomic E-state index is 0.216. The molecule has 1 aromatic heterocycles. The summed E-state index contributed by atoms with van der Waals surface area (Å²) < 4.78 is 24.6. The zero-order chi connectivity index (χ0) is 12.1. The summed E-state index contributed by atoms with van der Waals surface area (Å²) in [5.41, 5.74) is 0. The molecule has 0 atom stereocenters. The van der Waals surface area contributed by atoms with E-state index in [-0.39, 0.29) is 23.3 Å². The number of nitrogens with zero attached hydrogens (tertiary/aromatic N) is 2. The van der Waals surface area contributed by atoms with Gasteiger partial charge in [0.2, 0.25) is 0 Å². The first-order valence-corrected chi connectivity index (χ1v) is 5.73. The van der Waals surface area contributed by atoms with Crippen molar-refractivity contribution in [2.75, 3.05) is 23.9 Å². The maximum absolute atomic E-state index is 12.3. The van der Waals surface area contributed by atoms with E-state index in [2.05, 4.69) is 4.98 Å². The van der Waals surface area contributed by atoms with Crippen LogP contribution in [-0.4, -0.2) is 30.4 Å². The van der Waals surface area contributed by atoms with Crippen LogP contribution in [0.3, 0.4) is 0 Å². The molecular formula is C9H9Cl3F2N2. The van der Waals surface area contributed by atoms with Crippen LogP contribution in [0.2, 0.25) is 10.0 Å². The number of rotatable bonds is 5. The third kappa shape index (κ3) is 3.92. The minimum atomic E-state index is -2.48. The average molecular weight is 290 g/mol. The van der Waals surface area contributed by atoms with E-state index in [9.17, 15) is 8.78 Å². The summed E-state index contributed by atoms with van der Waals surface area (Å²) in [5.74, 6) is 0.486. The van der Waals surface area contributed by atoms with E-state index in [1.807, 2.05) is 0 Å². The maximum atomic E-state index is 12.3. The van der Waals surface area contributed by atoms with Crippen molar-refractivity contribution in [1.29, 1.82) is 0 Å². The van der Waals surface area contributed by atoms with Crippen LogP contribution >= 0.6 is 34.8 Å². The second kappa shape index (κ2) is 6.42. The van der Waals surface area contributed by atoms with E-state index >= 15 is 0 Å². The molecule has 90 valence electrons. The number of hydrogen-bond acceptors (Lipinski definition) is 2. The van der Waals surface area contributed by atoms with E-state index in [1.54, 1.807) is 0 Å². The number of anilines is 1. The van der Waals surface area contributed by atoms with Gasteiger partial charge >= 0.3 is 0 Å². The van der Waals surface area contributed by atoms with Crippen molar-refractivity contribution in [2.24, 2.45) is 0 Å². The van der Waals surface area contributed by atoms with Crippen LogP contribution in [0.5, 0.6) is 0 Å². The van der Waals surface area contributed by atoms with Gasteiger partial charge in [-0.3, -0.25) is 0 Å². The molecule has 0 saturated heterocycles. The number of alkyl halides is 3. The van der Waals surface area contributed by atoms with Gasteiger partial charge in [0, 0.05) is 18.6 Å². The zero-order valence-electron chi connectivity index (χ0n) is 8.14. The summed E-state index contributed by atoms with van der Waals surface area (Å²) in [4.78, 5) is 5.25. The Morgan fingerprint density at radius 3 is 2.56 bits per heavy atom. The second-order valence-corrected chi connectivity index (χ2v) is 4.21. The molecule has 0 radical (unpaired) electrons. The molecule has 0 fully saturated rings. The summed E-state index contributed by atoms with van der Waals surface area (Å²) in [7, 11) is 0. The van der Waals surface area contributed by atoms with Crippen LogP contribution < -0.4 is 4.90 Å². The Labute approximate surface area is 107 Å². The highest BCUT2D eigenvalue weighted by Crippen LogP contribution is 2.26. The van der Waals surface area contributed by atoms with Crippen LogP contribution in [0.4, 0.5) is 14.6 Å². The summed E-state index contributed by atoms with van der Waals surface area (Å²) >= 11 is 17.1. The molecule has 0 aliphatic carbocycles. The van der Waals surface area contributed by atoms with Crippen LogP contribution in [0.25, 0.3) is 0 Å². The molecule has 0 bridgehead atoms. The van der Waals surface area contributed by atoms with Crippen molar-refractivity contribution in [2.45, 2.75) is 6.43 Å². The van der Waals surface area contributed by atoms with Crippen molar-refractivity contribution in [1.82, 2.24) is 4.98 Å². The van der Waals surface area contributed by atoms with E-state index in [0.29, 0.717) is 5.02 Å². The van der Waals surface area contributed by atoms with Gasteiger partial charge in [-0.1, -0.05) is 23.2 Å². The zero-order valence-corrected chi connectivity index (χ0v) is 10.4. The van der Waals surface area contributed by atoms with E-state index in [4.69, 9.17) is 34.8 Å². The molecule has 0 amide bonds. The summed E-state index contributed by atoms with van der Waals surface area (Å²) in [5, 5.41) is 0.592. The molecule has 0 aromatic carbocycles. The Morgan fingerprint density at radius 1 is 1.38 bits per heavy atom. The van der Waals surface area contributed by atoms with Crippen molar-refractivity contribution >= 4 is 40.6 Å². The molecule has 0 N–H and O–H groups in total. The lowest BCUT2D eigenvalue weighted by Crippen LogP contribution is -2.31. The maximum Gasteiger partial charge on any atom is 0.255 e. The Balaban J connectivity index is 2.91. The first-order valence-electron chi connectivity index (χ1n) is 4.44. The molecule has 7 heteroatoms. The highest BCUT2D eigenvalue weighted by Gasteiger charge is 2.16. The summed E-state index contributed by atoms with van der Waals surface area (Å²) in [6, 6.07) is 1.46. The molecule has 0 unspecified atom stereocenters. The van der Waals surface area contributed by atoms with Crippen molar-refractivity contribution < 1.29 is 8.78 Å². The quantitative estimate of drug-likeness (QED) is 0.768. The summed E-state index contributed by atoms with van der Waals surface area (Å²) in [6.07, 6.45) is -1.12. The molecule has 0 aliphatic rings. The first kappa shape index (κ1) is 13.7. The Bertz CT molecular complexity index is 350. The molecule has 1 aromatic rings. The lowest BCUT2D eigenvalue weighted by Gasteiger charge is -2.23. The number of hydrogen-bond donors (Lipinski definition) is 0. The van der Waals surface area contributed by atoms with Gasteiger partial charge in [-0.25, -0.2) is 13.8 Å². The van der Waals surface area contributed by atoms with Crippen LogP contribution in [0.1, 0.15) is 0 Å². The van der Waals surface area contributed by atoms with Gasteiger partial charge in [-0.05, 0) is 6.07 Å². The smallest absolute Gasteiger partial charge is 0.255 e. The molecule has 2 nitrogen and oxygen atoms in total. The van der Waals surface area contributed by atoms with E-state index in [0.717, 1.165) is 0 Å². The Morgan fingerprint density at radius 2 is 2.06 bits per heavy atom. The van der Waals surface area contributed by atoms with Gasteiger partial charge in [0.15, 0.2) is 0 Å². The van der Waals surface area contributed by atoms with Gasteiger partial charge in [-0.2, -0.15) is 0 Å². The van der Waals surface area contributed by atoms with Crippen LogP contribution in [0.15, 0.2) is 12.3 Å². The van der Waals surface area contributed by atoms with Gasteiger partial charge in [-0.15, -0.1) is 11.6 Å². The van der Waals surface area contributed by atoms with Gasteiger partial charge in [0.1, 0.15) is 5.82 Å². The molecule has 0 aliphatic heterocycles. The standard InChI is InChI=1S/C9H9Cl3F2N2/c10-1-2-16(5-8(13)14)9-7(12)3-6(11)4-15-9/h3-4,8H,1-2,5H2. The largest absolute Gasteiger partial charge is 0.348 e. The molecule has 1 heterocycles. The molecule has 0 saturated carbocycles. The topological polar surface area (TPSA) is 16.1 Å². The molecule has 1 rings (SSSR count). The van der Waals surface area contributed by atoms with Crippen molar-refractivity contribution in [3.63, 3.8) is 0 Å². The number of aromatic nitrogens is 1. The average Bonchev–Trinajstić information content (AvgIpc) is 2.16. The van der Waals surface area contributed by atoms with Gasteiger partial charge in [0.25, 0.3) is 6.43 Å². The Kier molecular flexibility index (Phi) is 5.52. The van der Waals surface area contributed by atoms with Crippen molar-refractivity contribution in [3.8, 4) is 0 Å². The predicted molar refractivity (Wildman–Crippen MR) is 63.2 cm³/mol. The van der Waals surface area contributed by atoms with Gasteiger partial charge in [0.05, 0.1) is 16.6 Å². The number of halogens is 5. The highest BCUT2D eigenvalue weighted by molar-refractivity contribution is 6.36. The third-order valence-electron chi connectivity index (χ3n) is 1.80. The van der Waals surface area contributed by atoms with Crippen LogP contribution in [0, 0.1) is 0 Å². The monoisotopic (exact) mass is 288 g/mol. The Hall–Kier alpha value is -0.320.